The highest BCUT2D eigenvalue weighted by Crippen LogP contribution is 2.39. The van der Waals surface area contributed by atoms with Gasteiger partial charge < -0.3 is 25.0 Å². The van der Waals surface area contributed by atoms with Gasteiger partial charge >= 0.3 is 5.97 Å². The summed E-state index contributed by atoms with van der Waals surface area (Å²) >= 11 is 0. The molecular formula is C21H27N3O5. The predicted molar refractivity (Wildman–Crippen MR) is 104 cm³/mol. The number of nitrogens with zero attached hydrogens (tertiary/aromatic N) is 2. The number of methoxy groups -OCH3 is 1. The van der Waals surface area contributed by atoms with E-state index in [1.54, 1.807) is 4.90 Å². The molecule has 2 heterocycles. The Morgan fingerprint density at radius 2 is 2.03 bits per heavy atom. The number of likely N-dealkylation sites (tertiary alicyclic amines) is 1. The monoisotopic (exact) mass is 401 g/mol. The van der Waals surface area contributed by atoms with Crippen LogP contribution in [-0.2, 0) is 25.5 Å². The number of hydrogen-bond acceptors (Lipinski definition) is 6. The topological polar surface area (TPSA) is 99.2 Å². The summed E-state index contributed by atoms with van der Waals surface area (Å²) in [5, 5.41) is 13.4. The molecular weight excluding hydrogens is 374 g/mol. The SMILES string of the molecule is COC(=O)[C@@H]1C[C@@H](O)CN1C(=O)[C@H](Cc1ccccc1)N1CCNC2(CC2)C1=O. The van der Waals surface area contributed by atoms with Crippen LogP contribution >= 0.6 is 0 Å². The van der Waals surface area contributed by atoms with Gasteiger partial charge in [0.2, 0.25) is 11.8 Å². The van der Waals surface area contributed by atoms with E-state index in [9.17, 15) is 19.5 Å². The Kier molecular flexibility index (Phi) is 5.31. The van der Waals surface area contributed by atoms with E-state index >= 15 is 0 Å². The fourth-order valence-corrected chi connectivity index (χ4v) is 4.46. The van der Waals surface area contributed by atoms with E-state index in [-0.39, 0.29) is 24.8 Å². The Balaban J connectivity index is 1.63. The lowest BCUT2D eigenvalue weighted by atomic mass is 10.00. The minimum atomic E-state index is -0.825. The van der Waals surface area contributed by atoms with Crippen molar-refractivity contribution in [1.82, 2.24) is 15.1 Å². The number of amides is 2. The molecule has 8 heteroatoms. The zero-order chi connectivity index (χ0) is 20.6. The molecule has 2 saturated heterocycles. The molecule has 0 unspecified atom stereocenters. The smallest absolute Gasteiger partial charge is 0.328 e. The summed E-state index contributed by atoms with van der Waals surface area (Å²) in [6, 6.07) is 8.01. The Morgan fingerprint density at radius 1 is 1.31 bits per heavy atom. The molecule has 3 aliphatic rings. The van der Waals surface area contributed by atoms with Crippen LogP contribution in [0.4, 0.5) is 0 Å². The van der Waals surface area contributed by atoms with E-state index in [1.807, 2.05) is 30.3 Å². The molecule has 29 heavy (non-hydrogen) atoms. The molecule has 0 radical (unpaired) electrons. The number of nitrogens with one attached hydrogen (secondary N) is 1. The zero-order valence-corrected chi connectivity index (χ0v) is 16.5. The molecule has 2 aliphatic heterocycles. The van der Waals surface area contributed by atoms with Gasteiger partial charge in [0.15, 0.2) is 0 Å². The Hall–Kier alpha value is -2.45. The summed E-state index contributed by atoms with van der Waals surface area (Å²) in [6.07, 6.45) is 1.29. The largest absolute Gasteiger partial charge is 0.467 e. The maximum absolute atomic E-state index is 13.6. The first kappa shape index (κ1) is 19.8. The number of β-amino-alcohol motifs (C(OH)–C–C–N with tert-alkyl or cyclic N) is 1. The second-order valence-electron chi connectivity index (χ2n) is 8.13. The molecule has 0 bridgehead atoms. The summed E-state index contributed by atoms with van der Waals surface area (Å²) in [7, 11) is 1.27. The van der Waals surface area contributed by atoms with E-state index in [4.69, 9.17) is 4.74 Å². The number of benzene rings is 1. The van der Waals surface area contributed by atoms with Crippen LogP contribution in [0, 0.1) is 0 Å². The maximum atomic E-state index is 13.6. The average molecular weight is 401 g/mol. The molecule has 1 aromatic carbocycles. The second kappa shape index (κ2) is 7.76. The Labute approximate surface area is 169 Å². The number of ether oxygens (including phenoxy) is 1. The average Bonchev–Trinajstić information content (AvgIpc) is 3.40. The van der Waals surface area contributed by atoms with Gasteiger partial charge in [-0.15, -0.1) is 0 Å². The minimum absolute atomic E-state index is 0.0487. The van der Waals surface area contributed by atoms with Crippen molar-refractivity contribution >= 4 is 17.8 Å². The van der Waals surface area contributed by atoms with Crippen LogP contribution in [0.15, 0.2) is 30.3 Å². The van der Waals surface area contributed by atoms with Crippen molar-refractivity contribution in [3.05, 3.63) is 35.9 Å². The molecule has 4 rings (SSSR count). The van der Waals surface area contributed by atoms with Crippen LogP contribution in [0.5, 0.6) is 0 Å². The Bertz CT molecular complexity index is 795. The van der Waals surface area contributed by atoms with Gasteiger partial charge in [0.25, 0.3) is 0 Å². The van der Waals surface area contributed by atoms with Crippen LogP contribution in [0.3, 0.4) is 0 Å². The van der Waals surface area contributed by atoms with Gasteiger partial charge in [0, 0.05) is 32.5 Å². The summed E-state index contributed by atoms with van der Waals surface area (Å²) in [5.41, 5.74) is 0.413. The standard InChI is InChI=1S/C21H27N3O5/c1-29-19(27)17-12-15(25)13-24(17)18(26)16(11-14-5-3-2-4-6-14)23-10-9-22-21(7-8-21)20(23)28/h2-6,15-17,22,25H,7-13H2,1H3/t15-,16+,17+/m1/s1. The van der Waals surface area contributed by atoms with E-state index < -0.39 is 29.7 Å². The molecule has 2 amide bonds. The van der Waals surface area contributed by atoms with Crippen molar-refractivity contribution in [3.63, 3.8) is 0 Å². The molecule has 8 nitrogen and oxygen atoms in total. The van der Waals surface area contributed by atoms with Gasteiger partial charge in [-0.25, -0.2) is 4.79 Å². The molecule has 3 atom stereocenters. The van der Waals surface area contributed by atoms with Gasteiger partial charge in [0.05, 0.1) is 18.8 Å². The predicted octanol–water partition coefficient (Wildman–Crippen LogP) is -0.303. The molecule has 3 fully saturated rings. The van der Waals surface area contributed by atoms with E-state index in [2.05, 4.69) is 5.32 Å². The highest BCUT2D eigenvalue weighted by molar-refractivity contribution is 5.96. The van der Waals surface area contributed by atoms with Crippen molar-refractivity contribution in [3.8, 4) is 0 Å². The van der Waals surface area contributed by atoms with Gasteiger partial charge in [-0.2, -0.15) is 0 Å². The van der Waals surface area contributed by atoms with Crippen LogP contribution < -0.4 is 5.32 Å². The number of aliphatic hydroxyl groups is 1. The number of rotatable bonds is 5. The third-order valence-corrected chi connectivity index (χ3v) is 6.20. The zero-order valence-electron chi connectivity index (χ0n) is 16.5. The number of carbonyl (C=O) groups excluding carboxylic acids is 3. The van der Waals surface area contributed by atoms with Crippen molar-refractivity contribution in [1.29, 1.82) is 0 Å². The molecule has 1 saturated carbocycles. The summed E-state index contributed by atoms with van der Waals surface area (Å²) in [6.45, 7) is 1.13. The molecule has 2 N–H and O–H groups in total. The number of aliphatic hydroxyl groups excluding tert-OH is 1. The summed E-state index contributed by atoms with van der Waals surface area (Å²) in [5.74, 6) is -0.905. The van der Waals surface area contributed by atoms with Crippen LogP contribution in [-0.4, -0.2) is 83.2 Å². The molecule has 1 spiro atoms. The highest BCUT2D eigenvalue weighted by Gasteiger charge is 2.55. The third kappa shape index (κ3) is 3.74. The number of esters is 1. The van der Waals surface area contributed by atoms with Crippen LogP contribution in [0.25, 0.3) is 0 Å². The summed E-state index contributed by atoms with van der Waals surface area (Å²) < 4.78 is 4.84. The lowest BCUT2D eigenvalue weighted by molar-refractivity contribution is -0.155. The van der Waals surface area contributed by atoms with E-state index in [1.165, 1.54) is 12.0 Å². The van der Waals surface area contributed by atoms with Crippen LogP contribution in [0.1, 0.15) is 24.8 Å². The fourth-order valence-electron chi connectivity index (χ4n) is 4.46. The quantitative estimate of drug-likeness (QED) is 0.657. The molecule has 156 valence electrons. The van der Waals surface area contributed by atoms with Gasteiger partial charge in [-0.1, -0.05) is 30.3 Å². The van der Waals surface area contributed by atoms with Gasteiger partial charge in [0.1, 0.15) is 12.1 Å². The first-order chi connectivity index (χ1) is 13.9. The van der Waals surface area contributed by atoms with Crippen LogP contribution in [0.2, 0.25) is 0 Å². The molecule has 1 aliphatic carbocycles. The number of hydrogen-bond donors (Lipinski definition) is 2. The first-order valence-electron chi connectivity index (χ1n) is 10.1. The fraction of sp³-hybridized carbons (Fsp3) is 0.571. The Morgan fingerprint density at radius 3 is 2.69 bits per heavy atom. The summed E-state index contributed by atoms with van der Waals surface area (Å²) in [4.78, 5) is 42.0. The van der Waals surface area contributed by atoms with E-state index in [0.717, 1.165) is 18.4 Å². The van der Waals surface area contributed by atoms with Gasteiger partial charge in [-0.3, -0.25) is 9.59 Å². The van der Waals surface area contributed by atoms with Crippen molar-refractivity contribution < 1.29 is 24.2 Å². The molecule has 0 aromatic heterocycles. The minimum Gasteiger partial charge on any atom is -0.467 e. The van der Waals surface area contributed by atoms with Crippen molar-refractivity contribution in [2.24, 2.45) is 0 Å². The number of carbonyl (C=O) groups is 3. The lowest BCUT2D eigenvalue weighted by Crippen LogP contribution is -2.63. The normalized spacial score (nSPS) is 26.5. The van der Waals surface area contributed by atoms with Crippen molar-refractivity contribution in [2.45, 2.75) is 49.4 Å². The third-order valence-electron chi connectivity index (χ3n) is 6.20. The lowest BCUT2D eigenvalue weighted by Gasteiger charge is -2.40. The highest BCUT2D eigenvalue weighted by atomic mass is 16.5. The van der Waals surface area contributed by atoms with E-state index in [0.29, 0.717) is 19.5 Å². The maximum Gasteiger partial charge on any atom is 0.328 e. The number of piperazine rings is 1. The first-order valence-corrected chi connectivity index (χ1v) is 10.1. The van der Waals surface area contributed by atoms with Gasteiger partial charge in [-0.05, 0) is 18.4 Å². The van der Waals surface area contributed by atoms with Crippen molar-refractivity contribution in [2.75, 3.05) is 26.7 Å². The second-order valence-corrected chi connectivity index (χ2v) is 8.13. The molecule has 1 aromatic rings.